The number of hydrogen-bond donors (Lipinski definition) is 3. The van der Waals surface area contributed by atoms with E-state index in [0.29, 0.717) is 0 Å². The molecule has 1 fully saturated rings. The van der Waals surface area contributed by atoms with Crippen LogP contribution in [0.15, 0.2) is 17.4 Å². The Kier molecular flexibility index (Phi) is 11.3. The summed E-state index contributed by atoms with van der Waals surface area (Å²) in [6.45, 7) is 5.74. The molecule has 0 spiro atoms. The van der Waals surface area contributed by atoms with E-state index in [9.17, 15) is 24.1 Å². The molecule has 19 heteroatoms. The highest BCUT2D eigenvalue weighted by atomic mass is 31.2. The summed E-state index contributed by atoms with van der Waals surface area (Å²) in [5, 5.41) is 16.4. The van der Waals surface area contributed by atoms with Crippen LogP contribution in [-0.2, 0) is 41.9 Å². The topological polar surface area (TPSA) is 234 Å². The Morgan fingerprint density at radius 1 is 1.20 bits per heavy atom. The van der Waals surface area contributed by atoms with Crippen molar-refractivity contribution in [1.82, 2.24) is 10.2 Å². The summed E-state index contributed by atoms with van der Waals surface area (Å²) < 4.78 is 59.6. The number of nitrogens with one attached hydrogen (secondary N) is 1. The van der Waals surface area contributed by atoms with Crippen molar-refractivity contribution in [3.8, 4) is 0 Å². The molecule has 2 aliphatic rings. The van der Waals surface area contributed by atoms with Gasteiger partial charge in [0.05, 0.1) is 30.1 Å². The van der Waals surface area contributed by atoms with Gasteiger partial charge in [0, 0.05) is 11.1 Å². The number of amides is 2. The monoisotopic (exact) mass is 610 g/mol. The molecule has 1 unspecified atom stereocenters. The number of halogens is 1. The van der Waals surface area contributed by atoms with Crippen LogP contribution in [0.25, 0.3) is 10.4 Å². The van der Waals surface area contributed by atoms with Crippen molar-refractivity contribution in [2.24, 2.45) is 21.7 Å². The summed E-state index contributed by atoms with van der Waals surface area (Å²) in [5.74, 6) is -1.46. The quantitative estimate of drug-likeness (QED) is 0.0720. The third-order valence-corrected chi connectivity index (χ3v) is 6.90. The van der Waals surface area contributed by atoms with Crippen LogP contribution in [0.1, 0.15) is 41.5 Å². The Labute approximate surface area is 235 Å². The lowest BCUT2D eigenvalue weighted by Crippen LogP contribution is -2.54. The maximum atomic E-state index is 15.3. The second-order valence-electron chi connectivity index (χ2n) is 11.2. The molecule has 41 heavy (non-hydrogen) atoms. The molecule has 1 saturated heterocycles. The Morgan fingerprint density at radius 2 is 1.73 bits per heavy atom. The number of aliphatic hydroxyl groups is 1. The number of carbonyl (C=O) groups is 3. The second-order valence-corrected chi connectivity index (χ2v) is 12.8. The van der Waals surface area contributed by atoms with E-state index in [1.807, 2.05) is 0 Å². The summed E-state index contributed by atoms with van der Waals surface area (Å²) in [4.78, 5) is 39.9. The molecule has 5 atom stereocenters. The zero-order valence-corrected chi connectivity index (χ0v) is 24.4. The number of nitrogens with zero attached hydrogens (tertiary/aromatic N) is 4. The number of azide groups is 1. The fourth-order valence-corrected chi connectivity index (χ4v) is 4.18. The summed E-state index contributed by atoms with van der Waals surface area (Å²) in [7, 11) is -4.81. The summed E-state index contributed by atoms with van der Waals surface area (Å²) in [6.07, 6.45) is -4.48. The van der Waals surface area contributed by atoms with Crippen LogP contribution in [0, 0.1) is 10.8 Å². The highest BCUT2D eigenvalue weighted by molar-refractivity contribution is 7.48. The average molecular weight is 611 g/mol. The van der Waals surface area contributed by atoms with Gasteiger partial charge >= 0.3 is 25.8 Å². The molecule has 0 aromatic rings. The number of ether oxygens (including phenoxy) is 3. The molecule has 2 rings (SSSR count). The van der Waals surface area contributed by atoms with Crippen LogP contribution in [0.4, 0.5) is 9.18 Å². The van der Waals surface area contributed by atoms with Gasteiger partial charge in [0.2, 0.25) is 13.6 Å². The average Bonchev–Trinajstić information content (AvgIpc) is 3.10. The molecule has 0 aromatic carbocycles. The predicted molar refractivity (Wildman–Crippen MR) is 137 cm³/mol. The van der Waals surface area contributed by atoms with Gasteiger partial charge in [-0.3, -0.25) is 19.0 Å². The van der Waals surface area contributed by atoms with E-state index in [4.69, 9.17) is 39.0 Å². The van der Waals surface area contributed by atoms with E-state index >= 15 is 4.39 Å². The van der Waals surface area contributed by atoms with E-state index in [1.54, 1.807) is 41.5 Å². The van der Waals surface area contributed by atoms with Crippen molar-refractivity contribution in [1.29, 1.82) is 0 Å². The molecule has 2 heterocycles. The molecule has 0 saturated carbocycles. The predicted octanol–water partition coefficient (Wildman–Crippen LogP) is 2.17. The standard InChI is InChI=1S/C22H36FN6O11P/c1-20(2,3)17(31)35-11-38-41(34,39-12-36-18(32)21(4,5)6)37-10-22(9-26-28-25)15(30)14(23)16(40-22)29-8-7-13(24)27-19(29)33/h7-8,13-16,30H,9-12,24H2,1-6H3,(H,27,33)/t13?,14-,15+,16-,22-/m1/s1. The molecule has 17 nitrogen and oxygen atoms in total. The van der Waals surface area contributed by atoms with E-state index in [1.165, 1.54) is 6.08 Å². The minimum absolute atomic E-state index is 0.728. The number of phosphoric acid groups is 1. The van der Waals surface area contributed by atoms with Crippen molar-refractivity contribution in [2.45, 2.75) is 71.8 Å². The van der Waals surface area contributed by atoms with Crippen molar-refractivity contribution >= 4 is 25.8 Å². The number of hydrogen-bond acceptors (Lipinski definition) is 13. The van der Waals surface area contributed by atoms with Gasteiger partial charge < -0.3 is 30.4 Å². The molecular formula is C22H36FN6O11P. The summed E-state index contributed by atoms with van der Waals surface area (Å²) >= 11 is 0. The van der Waals surface area contributed by atoms with Crippen molar-refractivity contribution in [3.63, 3.8) is 0 Å². The van der Waals surface area contributed by atoms with E-state index in [-0.39, 0.29) is 0 Å². The lowest BCUT2D eigenvalue weighted by atomic mass is 9.97. The lowest BCUT2D eigenvalue weighted by Gasteiger charge is -2.33. The van der Waals surface area contributed by atoms with Crippen molar-refractivity contribution in [3.05, 3.63) is 22.7 Å². The van der Waals surface area contributed by atoms with Crippen LogP contribution in [0.2, 0.25) is 0 Å². The largest absolute Gasteiger partial charge is 0.480 e. The van der Waals surface area contributed by atoms with Gasteiger partial charge in [-0.1, -0.05) is 5.11 Å². The number of aliphatic hydroxyl groups excluding tert-OH is 1. The normalized spacial score (nSPS) is 26.8. The third kappa shape index (κ3) is 9.08. The first kappa shape index (κ1) is 34.4. The minimum Gasteiger partial charge on any atom is -0.437 e. The SMILES string of the molecule is CC(C)(C)C(=O)OCOP(=O)(OCOC(=O)C(C)(C)C)OC[C@@]1(CN=[N+]=[N-])O[C@@H](N2C=CC(N)NC2=O)[C@H](F)[C@@H]1O. The molecule has 0 aliphatic carbocycles. The number of alkyl halides is 1. The second kappa shape index (κ2) is 13.4. The first-order valence-corrected chi connectivity index (χ1v) is 13.7. The molecule has 0 radical (unpaired) electrons. The van der Waals surface area contributed by atoms with Crippen LogP contribution in [-0.4, -0.2) is 85.0 Å². The Balaban J connectivity index is 2.27. The van der Waals surface area contributed by atoms with Gasteiger partial charge in [-0.2, -0.15) is 0 Å². The molecular weight excluding hydrogens is 574 g/mol. The fourth-order valence-electron chi connectivity index (χ4n) is 3.22. The van der Waals surface area contributed by atoms with Gasteiger partial charge in [0.25, 0.3) is 0 Å². The van der Waals surface area contributed by atoms with E-state index in [2.05, 4.69) is 15.3 Å². The molecule has 4 N–H and O–H groups in total. The lowest BCUT2D eigenvalue weighted by molar-refractivity contribution is -0.165. The van der Waals surface area contributed by atoms with Crippen LogP contribution < -0.4 is 11.1 Å². The number of rotatable bonds is 12. The van der Waals surface area contributed by atoms with Gasteiger partial charge in [-0.25, -0.2) is 22.8 Å². The fraction of sp³-hybridized carbons (Fsp3) is 0.773. The third-order valence-electron chi connectivity index (χ3n) is 5.62. The van der Waals surface area contributed by atoms with Gasteiger partial charge in [0.1, 0.15) is 11.7 Å². The summed E-state index contributed by atoms with van der Waals surface area (Å²) in [6, 6.07) is -0.848. The van der Waals surface area contributed by atoms with Crippen molar-refractivity contribution in [2.75, 3.05) is 26.7 Å². The van der Waals surface area contributed by atoms with Crippen molar-refractivity contribution < 1.29 is 56.2 Å². The van der Waals surface area contributed by atoms with Crippen LogP contribution in [0.3, 0.4) is 0 Å². The van der Waals surface area contributed by atoms with E-state index in [0.717, 1.165) is 11.1 Å². The Bertz CT molecular complexity index is 1070. The zero-order valence-electron chi connectivity index (χ0n) is 23.5. The Morgan fingerprint density at radius 3 is 2.20 bits per heavy atom. The first-order chi connectivity index (χ1) is 18.8. The van der Waals surface area contributed by atoms with Crippen LogP contribution in [0.5, 0.6) is 0 Å². The smallest absolute Gasteiger partial charge is 0.437 e. The Hall–Kier alpha value is -2.82. The first-order valence-electron chi connectivity index (χ1n) is 12.3. The summed E-state index contributed by atoms with van der Waals surface area (Å²) in [5.41, 5.74) is 10.4. The van der Waals surface area contributed by atoms with Gasteiger partial charge in [-0.15, -0.1) is 0 Å². The number of nitrogens with two attached hydrogens (primary N) is 1. The number of phosphoric ester groups is 1. The van der Waals surface area contributed by atoms with Gasteiger partial charge in [0.15, 0.2) is 12.4 Å². The van der Waals surface area contributed by atoms with Gasteiger partial charge in [-0.05, 0) is 53.1 Å². The molecule has 2 aliphatic heterocycles. The zero-order chi connectivity index (χ0) is 31.2. The maximum absolute atomic E-state index is 15.3. The number of urea groups is 1. The number of esters is 2. The van der Waals surface area contributed by atoms with Crippen LogP contribution >= 0.6 is 7.82 Å². The highest BCUT2D eigenvalue weighted by Crippen LogP contribution is 2.51. The number of carbonyl (C=O) groups excluding carboxylic acids is 3. The highest BCUT2D eigenvalue weighted by Gasteiger charge is 2.58. The molecule has 232 valence electrons. The maximum Gasteiger partial charge on any atom is 0.480 e. The van der Waals surface area contributed by atoms with E-state index < -0.39 is 93.6 Å². The molecule has 0 aromatic heterocycles. The molecule has 0 bridgehead atoms. The molecule has 2 amide bonds. The minimum atomic E-state index is -4.81.